The molecule has 0 amide bonds. The third kappa shape index (κ3) is 8.02. The van der Waals surface area contributed by atoms with E-state index in [0.29, 0.717) is 39.8 Å². The second-order valence-electron chi connectivity index (χ2n) is 17.1. The lowest BCUT2D eigenvalue weighted by Crippen LogP contribution is -2.25. The molecule has 9 rings (SSSR count). The number of rotatable bonds is 5. The van der Waals surface area contributed by atoms with Gasteiger partial charge in [0, 0.05) is 22.3 Å². The number of aromatic nitrogens is 2. The van der Waals surface area contributed by atoms with Crippen molar-refractivity contribution in [1.82, 2.24) is 9.97 Å². The van der Waals surface area contributed by atoms with Crippen molar-refractivity contribution in [1.29, 1.82) is 0 Å². The summed E-state index contributed by atoms with van der Waals surface area (Å²) in [6.45, 7) is 14.9. The van der Waals surface area contributed by atoms with E-state index in [2.05, 4.69) is 117 Å². The van der Waals surface area contributed by atoms with Crippen LogP contribution in [0.4, 0.5) is 23.0 Å². The van der Waals surface area contributed by atoms with E-state index in [1.165, 1.54) is 12.1 Å². The number of para-hydroxylation sites is 1. The number of anilines is 4. The zero-order chi connectivity index (χ0) is 45.7. The van der Waals surface area contributed by atoms with E-state index in [4.69, 9.17) is 33.2 Å². The predicted molar refractivity (Wildman–Crippen MR) is 265 cm³/mol. The van der Waals surface area contributed by atoms with Crippen molar-refractivity contribution >= 4 is 68.8 Å². The summed E-state index contributed by atoms with van der Waals surface area (Å²) in [4.78, 5) is 43.6. The lowest BCUT2D eigenvalue weighted by molar-refractivity contribution is 0.0988. The summed E-state index contributed by atoms with van der Waals surface area (Å²) in [5.74, 6) is 14.9. The van der Waals surface area contributed by atoms with E-state index in [0.717, 1.165) is 50.1 Å². The van der Waals surface area contributed by atoms with Crippen LogP contribution < -0.4 is 9.80 Å². The van der Waals surface area contributed by atoms with Gasteiger partial charge >= 0.3 is 0 Å². The van der Waals surface area contributed by atoms with Crippen LogP contribution in [0.3, 0.4) is 0 Å². The van der Waals surface area contributed by atoms with Gasteiger partial charge in [0.2, 0.25) is 0 Å². The van der Waals surface area contributed by atoms with E-state index in [9.17, 15) is 9.59 Å². The van der Waals surface area contributed by atoms with E-state index in [1.54, 1.807) is 6.08 Å². The van der Waals surface area contributed by atoms with Crippen molar-refractivity contribution in [2.24, 2.45) is 0 Å². The van der Waals surface area contributed by atoms with Crippen LogP contribution in [0.5, 0.6) is 0 Å². The summed E-state index contributed by atoms with van der Waals surface area (Å²) >= 11 is 12.8. The molecule has 0 unspecified atom stereocenters. The van der Waals surface area contributed by atoms with Gasteiger partial charge < -0.3 is 0 Å². The third-order valence-corrected chi connectivity index (χ3v) is 12.6. The molecule has 0 atom stereocenters. The molecule has 65 heavy (non-hydrogen) atoms. The standard InChI is InChI=1S/C57H44Cl2N4O2/c1-33(2)42-19-14-20-43(34(3)4)53(42)63-51(26-25-44-54(64)45-31-47(58)48(59)32-46(45)55(44)65)62(56-57(63)61-50-30-37(7)36(6)29-49(50)60-56)52-40(23-21-38-15-10-8-11-16-38)27-35(5)28-41(52)24-22-39-17-12-9-13-18-39/h8-20,25-34H,1-7H3/b51-26-. The molecule has 0 N–H and O–H groups in total. The average Bonchev–Trinajstić information content (AvgIpc) is 3.71. The van der Waals surface area contributed by atoms with Gasteiger partial charge in [0.1, 0.15) is 5.82 Å². The van der Waals surface area contributed by atoms with Crippen LogP contribution in [0.2, 0.25) is 10.0 Å². The number of allylic oxidation sites excluding steroid dienone is 3. The molecule has 7 aromatic rings. The smallest absolute Gasteiger partial charge is 0.197 e. The summed E-state index contributed by atoms with van der Waals surface area (Å²) in [5, 5.41) is 0.396. The highest BCUT2D eigenvalue weighted by Crippen LogP contribution is 2.53. The van der Waals surface area contributed by atoms with Crippen LogP contribution in [-0.2, 0) is 0 Å². The molecule has 0 saturated heterocycles. The van der Waals surface area contributed by atoms with Gasteiger partial charge in [0.25, 0.3) is 0 Å². The Morgan fingerprint density at radius 3 is 1.43 bits per heavy atom. The average molecular weight is 888 g/mol. The summed E-state index contributed by atoms with van der Waals surface area (Å²) < 4.78 is 0. The van der Waals surface area contributed by atoms with Crippen molar-refractivity contribution in [3.8, 4) is 23.7 Å². The minimum atomic E-state index is -0.438. The van der Waals surface area contributed by atoms with Crippen LogP contribution in [0.25, 0.3) is 11.0 Å². The fourth-order valence-corrected chi connectivity index (χ4v) is 8.75. The molecule has 6 nitrogen and oxygen atoms in total. The number of ketones is 2. The van der Waals surface area contributed by atoms with Crippen LogP contribution in [-0.4, -0.2) is 21.5 Å². The van der Waals surface area contributed by atoms with Crippen molar-refractivity contribution in [2.75, 3.05) is 9.80 Å². The van der Waals surface area contributed by atoms with Crippen LogP contribution >= 0.6 is 23.2 Å². The van der Waals surface area contributed by atoms with E-state index in [1.807, 2.05) is 73.7 Å². The van der Waals surface area contributed by atoms with Crippen LogP contribution in [0.1, 0.15) is 110 Å². The Hall–Kier alpha value is -7.22. The fraction of sp³-hybridized carbons (Fsp3) is 0.158. The predicted octanol–water partition coefficient (Wildman–Crippen LogP) is 14.0. The number of halogens is 2. The molecule has 0 bridgehead atoms. The minimum Gasteiger partial charge on any atom is -0.288 e. The van der Waals surface area contributed by atoms with E-state index >= 15 is 0 Å². The van der Waals surface area contributed by atoms with Crippen molar-refractivity contribution in [2.45, 2.75) is 60.3 Å². The summed E-state index contributed by atoms with van der Waals surface area (Å²) in [5.41, 5.74) is 11.9. The topological polar surface area (TPSA) is 66.4 Å². The number of Topliss-reactive ketones (excluding diaryl/α,β-unsaturated/α-hetero) is 2. The fourth-order valence-electron chi connectivity index (χ4n) is 8.43. The maximum Gasteiger partial charge on any atom is 0.197 e. The minimum absolute atomic E-state index is 0.0164. The number of carbonyl (C=O) groups excluding carboxylic acids is 2. The zero-order valence-electron chi connectivity index (χ0n) is 37.1. The molecular formula is C57H44Cl2N4O2. The summed E-state index contributed by atoms with van der Waals surface area (Å²) in [6, 6.07) is 37.3. The first-order valence-corrected chi connectivity index (χ1v) is 22.4. The Labute approximate surface area is 390 Å². The van der Waals surface area contributed by atoms with Crippen molar-refractivity contribution in [3.63, 3.8) is 0 Å². The Balaban J connectivity index is 1.42. The van der Waals surface area contributed by atoms with Crippen LogP contribution in [0.15, 0.2) is 139 Å². The largest absolute Gasteiger partial charge is 0.288 e. The van der Waals surface area contributed by atoms with Crippen LogP contribution in [0, 0.1) is 44.5 Å². The normalized spacial score (nSPS) is 13.6. The molecule has 8 heteroatoms. The molecule has 1 aliphatic carbocycles. The molecule has 2 heterocycles. The quantitative estimate of drug-likeness (QED) is 0.0974. The first-order chi connectivity index (χ1) is 31.3. The Morgan fingerprint density at radius 1 is 0.538 bits per heavy atom. The second-order valence-corrected chi connectivity index (χ2v) is 17.9. The third-order valence-electron chi connectivity index (χ3n) is 11.8. The molecular weight excluding hydrogens is 844 g/mol. The van der Waals surface area contributed by atoms with Gasteiger partial charge in [-0.1, -0.05) is 129 Å². The molecule has 6 aromatic carbocycles. The highest BCUT2D eigenvalue weighted by molar-refractivity contribution is 6.45. The summed E-state index contributed by atoms with van der Waals surface area (Å²) in [7, 11) is 0. The van der Waals surface area contributed by atoms with Gasteiger partial charge in [0.05, 0.1) is 49.2 Å². The molecule has 0 fully saturated rings. The van der Waals surface area contributed by atoms with E-state index in [-0.39, 0.29) is 38.6 Å². The number of hydrogen-bond donors (Lipinski definition) is 0. The molecule has 1 aliphatic heterocycles. The monoisotopic (exact) mass is 886 g/mol. The lowest BCUT2D eigenvalue weighted by Gasteiger charge is -2.31. The van der Waals surface area contributed by atoms with Gasteiger partial charge in [-0.3, -0.25) is 19.4 Å². The van der Waals surface area contributed by atoms with E-state index < -0.39 is 11.6 Å². The highest BCUT2D eigenvalue weighted by Gasteiger charge is 2.41. The molecule has 2 aliphatic rings. The van der Waals surface area contributed by atoms with Gasteiger partial charge in [0.15, 0.2) is 23.2 Å². The summed E-state index contributed by atoms with van der Waals surface area (Å²) in [6.07, 6.45) is 3.43. The number of aryl methyl sites for hydroxylation is 3. The number of hydrogen-bond acceptors (Lipinski definition) is 6. The number of benzene rings is 6. The van der Waals surface area contributed by atoms with Gasteiger partial charge in [-0.25, -0.2) is 9.97 Å². The maximum absolute atomic E-state index is 14.2. The molecule has 0 radical (unpaired) electrons. The van der Waals surface area contributed by atoms with Crippen molar-refractivity contribution < 1.29 is 9.59 Å². The molecule has 0 saturated carbocycles. The number of carbonyl (C=O) groups is 2. The SMILES string of the molecule is Cc1cc(C#Cc2ccccc2)c(N2/C(=C/C=C3C(=O)c4cc(Cl)c(Cl)cc4C3=O)N(c3c(C(C)C)cccc3C(C)C)c3nc4cc(C)c(C)cc4nc32)c(C#Cc2ccccc2)c1. The number of nitrogens with zero attached hydrogens (tertiary/aromatic N) is 4. The van der Waals surface area contributed by atoms with Gasteiger partial charge in [-0.2, -0.15) is 0 Å². The first-order valence-electron chi connectivity index (χ1n) is 21.6. The molecule has 0 spiro atoms. The zero-order valence-corrected chi connectivity index (χ0v) is 38.7. The Morgan fingerprint density at radius 2 is 0.985 bits per heavy atom. The molecule has 1 aromatic heterocycles. The lowest BCUT2D eigenvalue weighted by atomic mass is 9.92. The Bertz CT molecular complexity index is 3180. The first kappa shape index (κ1) is 43.1. The molecule has 318 valence electrons. The maximum atomic E-state index is 14.2. The second kappa shape index (κ2) is 17.4. The number of fused-ring (bicyclic) bond motifs is 3. The van der Waals surface area contributed by atoms with Crippen molar-refractivity contribution in [3.05, 3.63) is 210 Å². The Kier molecular flexibility index (Phi) is 11.5. The van der Waals surface area contributed by atoms with Gasteiger partial charge in [-0.05, 0) is 133 Å². The highest BCUT2D eigenvalue weighted by atomic mass is 35.5. The van der Waals surface area contributed by atoms with Gasteiger partial charge in [-0.15, -0.1) is 0 Å².